The molecule has 0 radical (unpaired) electrons. The van der Waals surface area contributed by atoms with Crippen molar-refractivity contribution in [3.05, 3.63) is 29.8 Å². The van der Waals surface area contributed by atoms with E-state index in [2.05, 4.69) is 26.0 Å². The lowest BCUT2D eigenvalue weighted by molar-refractivity contribution is 0.474. The van der Waals surface area contributed by atoms with Crippen LogP contribution in [0.5, 0.6) is 5.75 Å². The minimum Gasteiger partial charge on any atom is -0.508 e. The Morgan fingerprint density at radius 1 is 0.696 bits per heavy atom. The van der Waals surface area contributed by atoms with Crippen LogP contribution < -0.4 is 0 Å². The summed E-state index contributed by atoms with van der Waals surface area (Å²) in [5, 5.41) is 9.39. The van der Waals surface area contributed by atoms with Crippen molar-refractivity contribution in [2.24, 2.45) is 0 Å². The molecule has 0 aliphatic carbocycles. The van der Waals surface area contributed by atoms with E-state index in [1.54, 1.807) is 0 Å². The summed E-state index contributed by atoms with van der Waals surface area (Å²) in [4.78, 5) is 0. The van der Waals surface area contributed by atoms with E-state index in [4.69, 9.17) is 0 Å². The molecule has 1 heteroatoms. The average Bonchev–Trinajstić information content (AvgIpc) is 2.57. The molecule has 1 rings (SSSR count). The molecule has 132 valence electrons. The van der Waals surface area contributed by atoms with Crippen LogP contribution in [0.4, 0.5) is 0 Å². The molecule has 0 saturated carbocycles. The fraction of sp³-hybridized carbons (Fsp3) is 0.727. The summed E-state index contributed by atoms with van der Waals surface area (Å²) < 4.78 is 0. The summed E-state index contributed by atoms with van der Waals surface area (Å²) in [5.41, 5.74) is 1.39. The Hall–Kier alpha value is -0.980. The summed E-state index contributed by atoms with van der Waals surface area (Å²) in [6, 6.07) is 7.81. The van der Waals surface area contributed by atoms with E-state index in [0.717, 1.165) is 0 Å². The zero-order valence-electron chi connectivity index (χ0n) is 15.5. The van der Waals surface area contributed by atoms with Gasteiger partial charge in [-0.15, -0.1) is 0 Å². The summed E-state index contributed by atoms with van der Waals surface area (Å²) >= 11 is 0. The molecule has 0 aliphatic rings. The zero-order valence-corrected chi connectivity index (χ0v) is 15.5. The van der Waals surface area contributed by atoms with Gasteiger partial charge in [0.2, 0.25) is 0 Å². The first-order chi connectivity index (χ1) is 11.3. The third-order valence-corrected chi connectivity index (χ3v) is 5.01. The lowest BCUT2D eigenvalue weighted by Gasteiger charge is -2.15. The minimum atomic E-state index is 0.373. The molecule has 1 aromatic rings. The molecular weight excluding hydrogens is 280 g/mol. The maximum atomic E-state index is 9.39. The van der Waals surface area contributed by atoms with Gasteiger partial charge >= 0.3 is 0 Å². The summed E-state index contributed by atoms with van der Waals surface area (Å²) in [5.74, 6) is 1.03. The SMILES string of the molecule is CCCCCCCCCCCCCC(CC)c1ccc(O)cc1. The van der Waals surface area contributed by atoms with Gasteiger partial charge in [0.15, 0.2) is 0 Å². The van der Waals surface area contributed by atoms with Crippen LogP contribution in [-0.4, -0.2) is 5.11 Å². The monoisotopic (exact) mass is 318 g/mol. The van der Waals surface area contributed by atoms with Crippen LogP contribution in [0.25, 0.3) is 0 Å². The van der Waals surface area contributed by atoms with E-state index in [1.807, 2.05) is 12.1 Å². The molecule has 1 atom stereocenters. The molecule has 0 aromatic heterocycles. The third-order valence-electron chi connectivity index (χ3n) is 5.01. The Balaban J connectivity index is 2.00. The highest BCUT2D eigenvalue weighted by Crippen LogP contribution is 2.27. The lowest BCUT2D eigenvalue weighted by atomic mass is 9.90. The number of aromatic hydroxyl groups is 1. The maximum absolute atomic E-state index is 9.39. The van der Waals surface area contributed by atoms with E-state index < -0.39 is 0 Å². The van der Waals surface area contributed by atoms with Crippen molar-refractivity contribution in [2.75, 3.05) is 0 Å². The van der Waals surface area contributed by atoms with Gasteiger partial charge in [0, 0.05) is 0 Å². The maximum Gasteiger partial charge on any atom is 0.115 e. The second kappa shape index (κ2) is 13.5. The second-order valence-electron chi connectivity index (χ2n) is 7.02. The number of phenolic OH excluding ortho intramolecular Hbond substituents is 1. The van der Waals surface area contributed by atoms with Crippen molar-refractivity contribution in [1.29, 1.82) is 0 Å². The second-order valence-corrected chi connectivity index (χ2v) is 7.02. The first-order valence-corrected chi connectivity index (χ1v) is 10.1. The topological polar surface area (TPSA) is 20.2 Å². The van der Waals surface area contributed by atoms with Crippen molar-refractivity contribution in [3.8, 4) is 5.75 Å². The Bertz CT molecular complexity index is 368. The van der Waals surface area contributed by atoms with Gasteiger partial charge in [0.05, 0.1) is 0 Å². The Kier molecular flexibility index (Phi) is 11.7. The van der Waals surface area contributed by atoms with Gasteiger partial charge in [-0.25, -0.2) is 0 Å². The van der Waals surface area contributed by atoms with Crippen LogP contribution in [0, 0.1) is 0 Å². The zero-order chi connectivity index (χ0) is 16.8. The first-order valence-electron chi connectivity index (χ1n) is 10.1. The average molecular weight is 319 g/mol. The molecule has 1 unspecified atom stereocenters. The molecule has 0 spiro atoms. The number of unbranched alkanes of at least 4 members (excludes halogenated alkanes) is 10. The van der Waals surface area contributed by atoms with Crippen molar-refractivity contribution < 1.29 is 5.11 Å². The van der Waals surface area contributed by atoms with Crippen LogP contribution >= 0.6 is 0 Å². The largest absolute Gasteiger partial charge is 0.508 e. The van der Waals surface area contributed by atoms with Gasteiger partial charge in [0.1, 0.15) is 5.75 Å². The van der Waals surface area contributed by atoms with Gasteiger partial charge in [-0.2, -0.15) is 0 Å². The molecule has 0 heterocycles. The summed E-state index contributed by atoms with van der Waals surface area (Å²) in [6.45, 7) is 4.56. The molecule has 1 aromatic carbocycles. The lowest BCUT2D eigenvalue weighted by Crippen LogP contribution is -1.97. The first kappa shape index (κ1) is 20.1. The van der Waals surface area contributed by atoms with Crippen molar-refractivity contribution in [1.82, 2.24) is 0 Å². The van der Waals surface area contributed by atoms with E-state index in [9.17, 15) is 5.11 Å². The number of phenols is 1. The van der Waals surface area contributed by atoms with Crippen LogP contribution in [0.1, 0.15) is 109 Å². The normalized spacial score (nSPS) is 12.4. The molecule has 0 aliphatic heterocycles. The van der Waals surface area contributed by atoms with Gasteiger partial charge in [-0.3, -0.25) is 0 Å². The standard InChI is InChI=1S/C22H38O/c1-3-5-6-7-8-9-10-11-12-13-14-15-20(4-2)21-16-18-22(23)19-17-21/h16-20,23H,3-15H2,1-2H3. The molecular formula is C22H38O. The Labute approximate surface area is 144 Å². The number of rotatable bonds is 14. The van der Waals surface area contributed by atoms with Crippen molar-refractivity contribution >= 4 is 0 Å². The number of benzene rings is 1. The van der Waals surface area contributed by atoms with Gasteiger partial charge in [0.25, 0.3) is 0 Å². The fourth-order valence-corrected chi connectivity index (χ4v) is 3.41. The highest BCUT2D eigenvalue weighted by molar-refractivity contribution is 5.28. The highest BCUT2D eigenvalue weighted by atomic mass is 16.3. The Morgan fingerprint density at radius 3 is 1.65 bits per heavy atom. The van der Waals surface area contributed by atoms with Crippen LogP contribution in [0.3, 0.4) is 0 Å². The van der Waals surface area contributed by atoms with Crippen LogP contribution in [-0.2, 0) is 0 Å². The van der Waals surface area contributed by atoms with Crippen LogP contribution in [0.2, 0.25) is 0 Å². The highest BCUT2D eigenvalue weighted by Gasteiger charge is 2.08. The van der Waals surface area contributed by atoms with Gasteiger partial charge in [-0.05, 0) is 36.5 Å². The van der Waals surface area contributed by atoms with Crippen molar-refractivity contribution in [2.45, 2.75) is 103 Å². The number of hydrogen-bond acceptors (Lipinski definition) is 1. The van der Waals surface area contributed by atoms with Gasteiger partial charge in [-0.1, -0.05) is 96.6 Å². The van der Waals surface area contributed by atoms with E-state index >= 15 is 0 Å². The predicted molar refractivity (Wildman–Crippen MR) is 102 cm³/mol. The predicted octanol–water partition coefficient (Wildman–Crippen LogP) is 7.59. The minimum absolute atomic E-state index is 0.373. The fourth-order valence-electron chi connectivity index (χ4n) is 3.41. The molecule has 0 amide bonds. The molecule has 1 nitrogen and oxygen atoms in total. The smallest absolute Gasteiger partial charge is 0.115 e. The molecule has 0 fully saturated rings. The molecule has 0 bridgehead atoms. The van der Waals surface area contributed by atoms with Gasteiger partial charge < -0.3 is 5.11 Å². The Morgan fingerprint density at radius 2 is 1.17 bits per heavy atom. The summed E-state index contributed by atoms with van der Waals surface area (Å²) in [7, 11) is 0. The van der Waals surface area contributed by atoms with E-state index in [1.165, 1.54) is 89.0 Å². The summed E-state index contributed by atoms with van der Waals surface area (Å²) in [6.07, 6.45) is 18.0. The van der Waals surface area contributed by atoms with Crippen molar-refractivity contribution in [3.63, 3.8) is 0 Å². The van der Waals surface area contributed by atoms with Crippen LogP contribution in [0.15, 0.2) is 24.3 Å². The quantitative estimate of drug-likeness (QED) is 0.350. The third kappa shape index (κ3) is 9.69. The molecule has 1 N–H and O–H groups in total. The van der Waals surface area contributed by atoms with E-state index in [-0.39, 0.29) is 0 Å². The number of hydrogen-bond donors (Lipinski definition) is 1. The molecule has 0 saturated heterocycles. The van der Waals surface area contributed by atoms with E-state index in [0.29, 0.717) is 11.7 Å². The molecule has 23 heavy (non-hydrogen) atoms.